The number of aromatic nitrogens is 1. The predicted molar refractivity (Wildman–Crippen MR) is 54.3 cm³/mol. The SMILES string of the molecule is CC.COc1cc(C)cn(C)c1=O. The molecule has 0 saturated heterocycles. The highest BCUT2D eigenvalue weighted by Gasteiger charge is 2.00. The van der Waals surface area contributed by atoms with Crippen LogP contribution in [0.4, 0.5) is 0 Å². The molecule has 1 heterocycles. The van der Waals surface area contributed by atoms with Crippen molar-refractivity contribution in [3.8, 4) is 5.75 Å². The number of methoxy groups -OCH3 is 1. The van der Waals surface area contributed by atoms with E-state index < -0.39 is 0 Å². The molecule has 3 nitrogen and oxygen atoms in total. The van der Waals surface area contributed by atoms with E-state index in [2.05, 4.69) is 0 Å². The molecule has 0 aliphatic heterocycles. The Morgan fingerprint density at radius 1 is 1.38 bits per heavy atom. The van der Waals surface area contributed by atoms with Crippen LogP contribution in [0.15, 0.2) is 17.1 Å². The van der Waals surface area contributed by atoms with E-state index in [4.69, 9.17) is 4.74 Å². The minimum Gasteiger partial charge on any atom is -0.491 e. The van der Waals surface area contributed by atoms with E-state index in [1.165, 1.54) is 11.7 Å². The van der Waals surface area contributed by atoms with Gasteiger partial charge in [-0.2, -0.15) is 0 Å². The molecule has 0 aliphatic carbocycles. The fourth-order valence-electron chi connectivity index (χ4n) is 0.990. The zero-order valence-electron chi connectivity index (χ0n) is 8.92. The molecule has 0 atom stereocenters. The first-order valence-corrected chi connectivity index (χ1v) is 4.36. The molecule has 0 fully saturated rings. The van der Waals surface area contributed by atoms with Crippen LogP contribution in [-0.4, -0.2) is 11.7 Å². The number of ether oxygens (including phenoxy) is 1. The Bertz CT molecular complexity index is 315. The molecule has 0 N–H and O–H groups in total. The van der Waals surface area contributed by atoms with Gasteiger partial charge in [-0.05, 0) is 18.6 Å². The Balaban J connectivity index is 0.000000671. The van der Waals surface area contributed by atoms with Crippen molar-refractivity contribution < 1.29 is 4.74 Å². The van der Waals surface area contributed by atoms with Gasteiger partial charge in [0.2, 0.25) is 0 Å². The number of nitrogens with zero attached hydrogens (tertiary/aromatic N) is 1. The Morgan fingerprint density at radius 2 is 1.92 bits per heavy atom. The molecule has 1 rings (SSSR count). The second-order valence-electron chi connectivity index (χ2n) is 2.50. The lowest BCUT2D eigenvalue weighted by Gasteiger charge is -2.03. The minimum atomic E-state index is -0.0990. The number of aryl methyl sites for hydroxylation is 2. The van der Waals surface area contributed by atoms with Gasteiger partial charge in [0.05, 0.1) is 7.11 Å². The molecule has 13 heavy (non-hydrogen) atoms. The molecular formula is C10H17NO2. The molecule has 0 bridgehead atoms. The average Bonchev–Trinajstić information content (AvgIpc) is 2.14. The zero-order valence-corrected chi connectivity index (χ0v) is 8.92. The number of hydrogen-bond acceptors (Lipinski definition) is 2. The van der Waals surface area contributed by atoms with Gasteiger partial charge in [0.1, 0.15) is 0 Å². The molecule has 0 saturated carbocycles. The van der Waals surface area contributed by atoms with E-state index in [1.807, 2.05) is 20.8 Å². The van der Waals surface area contributed by atoms with Crippen molar-refractivity contribution in [2.75, 3.05) is 7.11 Å². The lowest BCUT2D eigenvalue weighted by molar-refractivity contribution is 0.404. The summed E-state index contributed by atoms with van der Waals surface area (Å²) in [6, 6.07) is 1.72. The Hall–Kier alpha value is -1.25. The highest BCUT2D eigenvalue weighted by atomic mass is 16.5. The van der Waals surface area contributed by atoms with Crippen molar-refractivity contribution in [1.82, 2.24) is 4.57 Å². The third-order valence-corrected chi connectivity index (χ3v) is 1.51. The average molecular weight is 183 g/mol. The summed E-state index contributed by atoms with van der Waals surface area (Å²) in [4.78, 5) is 11.2. The fraction of sp³-hybridized carbons (Fsp3) is 0.500. The van der Waals surface area contributed by atoms with Crippen molar-refractivity contribution in [3.05, 3.63) is 28.2 Å². The molecule has 0 spiro atoms. The van der Waals surface area contributed by atoms with E-state index in [0.717, 1.165) is 5.56 Å². The lowest BCUT2D eigenvalue weighted by atomic mass is 10.3. The molecule has 1 aromatic heterocycles. The molecule has 0 aromatic carbocycles. The molecule has 0 radical (unpaired) electrons. The maximum absolute atomic E-state index is 11.2. The van der Waals surface area contributed by atoms with Gasteiger partial charge in [0, 0.05) is 13.2 Å². The summed E-state index contributed by atoms with van der Waals surface area (Å²) in [5.41, 5.74) is 0.919. The molecule has 0 amide bonds. The van der Waals surface area contributed by atoms with Crippen LogP contribution >= 0.6 is 0 Å². The van der Waals surface area contributed by atoms with E-state index in [9.17, 15) is 4.79 Å². The topological polar surface area (TPSA) is 31.2 Å². The highest BCUT2D eigenvalue weighted by Crippen LogP contribution is 2.04. The van der Waals surface area contributed by atoms with Gasteiger partial charge < -0.3 is 9.30 Å². The van der Waals surface area contributed by atoms with Gasteiger partial charge in [0.25, 0.3) is 5.56 Å². The maximum Gasteiger partial charge on any atom is 0.292 e. The lowest BCUT2D eigenvalue weighted by Crippen LogP contribution is -2.17. The van der Waals surface area contributed by atoms with Gasteiger partial charge in [0.15, 0.2) is 5.75 Å². The first-order valence-electron chi connectivity index (χ1n) is 4.36. The Morgan fingerprint density at radius 3 is 2.38 bits per heavy atom. The summed E-state index contributed by atoms with van der Waals surface area (Å²) in [7, 11) is 3.20. The van der Waals surface area contributed by atoms with Crippen LogP contribution in [0, 0.1) is 6.92 Å². The number of hydrogen-bond donors (Lipinski definition) is 0. The largest absolute Gasteiger partial charge is 0.491 e. The van der Waals surface area contributed by atoms with Gasteiger partial charge in [-0.25, -0.2) is 0 Å². The van der Waals surface area contributed by atoms with Crippen LogP contribution in [-0.2, 0) is 7.05 Å². The quantitative estimate of drug-likeness (QED) is 0.664. The van der Waals surface area contributed by atoms with Crippen molar-refractivity contribution in [3.63, 3.8) is 0 Å². The first-order chi connectivity index (χ1) is 6.15. The smallest absolute Gasteiger partial charge is 0.292 e. The normalized spacial score (nSPS) is 8.69. The third-order valence-electron chi connectivity index (χ3n) is 1.51. The molecule has 1 aromatic rings. The summed E-state index contributed by atoms with van der Waals surface area (Å²) >= 11 is 0. The van der Waals surface area contributed by atoms with Crippen molar-refractivity contribution in [2.45, 2.75) is 20.8 Å². The summed E-state index contributed by atoms with van der Waals surface area (Å²) in [6.07, 6.45) is 1.77. The standard InChI is InChI=1S/C8H11NO2.C2H6/c1-6-4-7(11-3)8(10)9(2)5-6;1-2/h4-5H,1-3H3;1-2H3. The zero-order chi connectivity index (χ0) is 10.4. The second kappa shape index (κ2) is 5.41. The van der Waals surface area contributed by atoms with Crippen molar-refractivity contribution in [2.24, 2.45) is 7.05 Å². The van der Waals surface area contributed by atoms with Crippen LogP contribution in [0.3, 0.4) is 0 Å². The van der Waals surface area contributed by atoms with Gasteiger partial charge >= 0.3 is 0 Å². The van der Waals surface area contributed by atoms with Crippen LogP contribution in [0.25, 0.3) is 0 Å². The van der Waals surface area contributed by atoms with Gasteiger partial charge in [-0.1, -0.05) is 13.8 Å². The summed E-state index contributed by atoms with van der Waals surface area (Å²) in [6.45, 7) is 5.92. The summed E-state index contributed by atoms with van der Waals surface area (Å²) in [5, 5.41) is 0. The third kappa shape index (κ3) is 2.93. The van der Waals surface area contributed by atoms with Crippen molar-refractivity contribution >= 4 is 0 Å². The van der Waals surface area contributed by atoms with Crippen LogP contribution in [0.5, 0.6) is 5.75 Å². The monoisotopic (exact) mass is 183 g/mol. The minimum absolute atomic E-state index is 0.0990. The number of rotatable bonds is 1. The van der Waals surface area contributed by atoms with Gasteiger partial charge in [-0.15, -0.1) is 0 Å². The van der Waals surface area contributed by atoms with Crippen LogP contribution in [0.1, 0.15) is 19.4 Å². The fourth-order valence-corrected chi connectivity index (χ4v) is 0.990. The van der Waals surface area contributed by atoms with Crippen LogP contribution < -0.4 is 10.3 Å². The Labute approximate surface area is 79.0 Å². The Kier molecular flexibility index (Phi) is 4.89. The molecule has 3 heteroatoms. The van der Waals surface area contributed by atoms with E-state index in [1.54, 1.807) is 19.3 Å². The van der Waals surface area contributed by atoms with Crippen molar-refractivity contribution in [1.29, 1.82) is 0 Å². The maximum atomic E-state index is 11.2. The summed E-state index contributed by atoms with van der Waals surface area (Å²) < 4.78 is 6.38. The van der Waals surface area contributed by atoms with E-state index >= 15 is 0 Å². The molecule has 0 aliphatic rings. The van der Waals surface area contributed by atoms with Gasteiger partial charge in [-0.3, -0.25) is 4.79 Å². The second-order valence-corrected chi connectivity index (χ2v) is 2.50. The summed E-state index contributed by atoms with van der Waals surface area (Å²) in [5.74, 6) is 0.396. The van der Waals surface area contributed by atoms with E-state index in [0.29, 0.717) is 5.75 Å². The first kappa shape index (κ1) is 11.8. The van der Waals surface area contributed by atoms with Crippen LogP contribution in [0.2, 0.25) is 0 Å². The van der Waals surface area contributed by atoms with E-state index in [-0.39, 0.29) is 5.56 Å². The molecular weight excluding hydrogens is 166 g/mol. The predicted octanol–water partition coefficient (Wildman–Crippen LogP) is 1.73. The molecule has 0 unspecified atom stereocenters. The number of pyridine rings is 1. The highest BCUT2D eigenvalue weighted by molar-refractivity contribution is 5.23. The molecule has 74 valence electrons.